The van der Waals surface area contributed by atoms with Gasteiger partial charge >= 0.3 is 0 Å². The molecule has 6 heteroatoms. The van der Waals surface area contributed by atoms with Crippen molar-refractivity contribution in [2.24, 2.45) is 0 Å². The summed E-state index contributed by atoms with van der Waals surface area (Å²) >= 11 is 6.34. The van der Waals surface area contributed by atoms with Gasteiger partial charge in [0.15, 0.2) is 0 Å². The SMILES string of the molecule is Cc1cccc(/C=C/C(=O)Nc2ccc(N3CCNC(=O)C3)c(Cl)c2)c1. The van der Waals surface area contributed by atoms with Crippen molar-refractivity contribution in [3.05, 3.63) is 64.7 Å². The quantitative estimate of drug-likeness (QED) is 0.813. The number of piperazine rings is 1. The minimum absolute atomic E-state index is 0.0222. The van der Waals surface area contributed by atoms with Gasteiger partial charge in [-0.2, -0.15) is 0 Å². The second-order valence-electron chi connectivity index (χ2n) is 6.17. The first-order chi connectivity index (χ1) is 12.5. The number of carbonyl (C=O) groups excluding carboxylic acids is 2. The maximum atomic E-state index is 12.1. The second kappa shape index (κ2) is 8.06. The number of benzene rings is 2. The van der Waals surface area contributed by atoms with Crippen molar-refractivity contribution in [1.82, 2.24) is 5.32 Å². The zero-order valence-corrected chi connectivity index (χ0v) is 15.2. The van der Waals surface area contributed by atoms with Gasteiger partial charge in [0.05, 0.1) is 17.3 Å². The van der Waals surface area contributed by atoms with E-state index in [0.29, 0.717) is 23.8 Å². The van der Waals surface area contributed by atoms with Gasteiger partial charge in [-0.05, 0) is 36.8 Å². The van der Waals surface area contributed by atoms with Crippen LogP contribution in [0, 0.1) is 6.92 Å². The molecule has 1 saturated heterocycles. The fraction of sp³-hybridized carbons (Fsp3) is 0.200. The number of hydrogen-bond donors (Lipinski definition) is 2. The molecule has 1 heterocycles. The zero-order chi connectivity index (χ0) is 18.5. The Balaban J connectivity index is 1.65. The van der Waals surface area contributed by atoms with Crippen LogP contribution in [-0.2, 0) is 9.59 Å². The molecule has 5 nitrogen and oxygen atoms in total. The third-order valence-electron chi connectivity index (χ3n) is 4.06. The van der Waals surface area contributed by atoms with Crippen LogP contribution in [0.2, 0.25) is 5.02 Å². The lowest BCUT2D eigenvalue weighted by molar-refractivity contribution is -0.120. The number of nitrogens with zero attached hydrogens (tertiary/aromatic N) is 1. The molecule has 1 aliphatic rings. The summed E-state index contributed by atoms with van der Waals surface area (Å²) in [6.07, 6.45) is 3.26. The van der Waals surface area contributed by atoms with Crippen LogP contribution >= 0.6 is 11.6 Å². The van der Waals surface area contributed by atoms with Crippen molar-refractivity contribution in [2.75, 3.05) is 29.9 Å². The topological polar surface area (TPSA) is 61.4 Å². The summed E-state index contributed by atoms with van der Waals surface area (Å²) in [7, 11) is 0. The average Bonchev–Trinajstić information content (AvgIpc) is 2.60. The van der Waals surface area contributed by atoms with E-state index >= 15 is 0 Å². The molecule has 0 bridgehead atoms. The Morgan fingerprint density at radius 1 is 1.27 bits per heavy atom. The van der Waals surface area contributed by atoms with Gasteiger partial charge in [0, 0.05) is 24.9 Å². The summed E-state index contributed by atoms with van der Waals surface area (Å²) in [6.45, 7) is 3.59. The molecule has 0 spiro atoms. The largest absolute Gasteiger partial charge is 0.359 e. The van der Waals surface area contributed by atoms with E-state index in [1.165, 1.54) is 6.08 Å². The molecule has 3 rings (SSSR count). The van der Waals surface area contributed by atoms with E-state index in [1.54, 1.807) is 18.2 Å². The highest BCUT2D eigenvalue weighted by molar-refractivity contribution is 6.33. The standard InChI is InChI=1S/C20H20ClN3O2/c1-14-3-2-4-15(11-14)5-8-19(25)23-16-6-7-18(17(21)12-16)24-10-9-22-20(26)13-24/h2-8,11-12H,9-10,13H2,1H3,(H,22,26)(H,23,25)/b8-5+. The first-order valence-electron chi connectivity index (χ1n) is 8.38. The number of anilines is 2. The van der Waals surface area contributed by atoms with E-state index in [-0.39, 0.29) is 18.4 Å². The fourth-order valence-corrected chi connectivity index (χ4v) is 3.12. The first-order valence-corrected chi connectivity index (χ1v) is 8.76. The number of hydrogen-bond acceptors (Lipinski definition) is 3. The molecule has 0 atom stereocenters. The minimum atomic E-state index is -0.229. The zero-order valence-electron chi connectivity index (χ0n) is 14.5. The molecule has 0 aliphatic carbocycles. The van der Waals surface area contributed by atoms with Crippen LogP contribution < -0.4 is 15.5 Å². The lowest BCUT2D eigenvalue weighted by atomic mass is 10.1. The minimum Gasteiger partial charge on any atom is -0.359 e. The normalized spacial score (nSPS) is 14.4. The predicted octanol–water partition coefficient (Wildman–Crippen LogP) is 3.24. The van der Waals surface area contributed by atoms with E-state index in [9.17, 15) is 9.59 Å². The summed E-state index contributed by atoms with van der Waals surface area (Å²) < 4.78 is 0. The maximum Gasteiger partial charge on any atom is 0.248 e. The summed E-state index contributed by atoms with van der Waals surface area (Å²) in [6, 6.07) is 13.2. The molecule has 2 aromatic carbocycles. The Hall–Kier alpha value is -2.79. The number of aryl methyl sites for hydroxylation is 1. The van der Waals surface area contributed by atoms with Gasteiger partial charge < -0.3 is 15.5 Å². The molecule has 2 aromatic rings. The van der Waals surface area contributed by atoms with Crippen molar-refractivity contribution < 1.29 is 9.59 Å². The van der Waals surface area contributed by atoms with Crippen LogP contribution in [-0.4, -0.2) is 31.4 Å². The highest BCUT2D eigenvalue weighted by Gasteiger charge is 2.18. The molecule has 0 saturated carbocycles. The lowest BCUT2D eigenvalue weighted by Gasteiger charge is -2.29. The monoisotopic (exact) mass is 369 g/mol. The van der Waals surface area contributed by atoms with Crippen LogP contribution in [0.25, 0.3) is 6.08 Å². The molecule has 2 amide bonds. The molecule has 1 fully saturated rings. The van der Waals surface area contributed by atoms with E-state index in [4.69, 9.17) is 11.6 Å². The third kappa shape index (κ3) is 4.64. The number of carbonyl (C=O) groups is 2. The van der Waals surface area contributed by atoms with Crippen molar-refractivity contribution >= 4 is 40.9 Å². The van der Waals surface area contributed by atoms with Crippen LogP contribution in [0.15, 0.2) is 48.5 Å². The Morgan fingerprint density at radius 2 is 2.12 bits per heavy atom. The molecule has 0 aromatic heterocycles. The molecule has 0 unspecified atom stereocenters. The lowest BCUT2D eigenvalue weighted by Crippen LogP contribution is -2.47. The maximum absolute atomic E-state index is 12.1. The molecule has 1 aliphatic heterocycles. The molecule has 134 valence electrons. The van der Waals surface area contributed by atoms with Gasteiger partial charge in [-0.25, -0.2) is 0 Å². The number of halogens is 1. The molecule has 26 heavy (non-hydrogen) atoms. The number of amides is 2. The first kappa shape index (κ1) is 18.0. The Kier molecular flexibility index (Phi) is 5.58. The third-order valence-corrected chi connectivity index (χ3v) is 4.37. The van der Waals surface area contributed by atoms with Crippen LogP contribution in [0.5, 0.6) is 0 Å². The van der Waals surface area contributed by atoms with E-state index in [1.807, 2.05) is 42.2 Å². The average molecular weight is 370 g/mol. The smallest absolute Gasteiger partial charge is 0.248 e. The summed E-state index contributed by atoms with van der Waals surface area (Å²) in [5.74, 6) is -0.251. The number of rotatable bonds is 4. The van der Waals surface area contributed by atoms with Gasteiger partial charge in [0.1, 0.15) is 0 Å². The van der Waals surface area contributed by atoms with Crippen LogP contribution in [0.3, 0.4) is 0 Å². The Bertz CT molecular complexity index is 864. The summed E-state index contributed by atoms with van der Waals surface area (Å²) in [4.78, 5) is 25.5. The molecule has 0 radical (unpaired) electrons. The van der Waals surface area contributed by atoms with E-state index < -0.39 is 0 Å². The van der Waals surface area contributed by atoms with Crippen molar-refractivity contribution in [3.63, 3.8) is 0 Å². The van der Waals surface area contributed by atoms with Gasteiger partial charge in [0.25, 0.3) is 0 Å². The number of nitrogens with one attached hydrogen (secondary N) is 2. The van der Waals surface area contributed by atoms with Gasteiger partial charge in [0.2, 0.25) is 11.8 Å². The fourth-order valence-electron chi connectivity index (χ4n) is 2.81. The van der Waals surface area contributed by atoms with Crippen LogP contribution in [0.4, 0.5) is 11.4 Å². The molecular weight excluding hydrogens is 350 g/mol. The highest BCUT2D eigenvalue weighted by atomic mass is 35.5. The Morgan fingerprint density at radius 3 is 2.85 bits per heavy atom. The summed E-state index contributed by atoms with van der Waals surface area (Å²) in [5, 5.41) is 6.08. The van der Waals surface area contributed by atoms with E-state index in [0.717, 1.165) is 16.8 Å². The van der Waals surface area contributed by atoms with Crippen molar-refractivity contribution in [1.29, 1.82) is 0 Å². The second-order valence-corrected chi connectivity index (χ2v) is 6.58. The molecular formula is C20H20ClN3O2. The van der Waals surface area contributed by atoms with Gasteiger partial charge in [-0.15, -0.1) is 0 Å². The predicted molar refractivity (Wildman–Crippen MR) is 106 cm³/mol. The van der Waals surface area contributed by atoms with Gasteiger partial charge in [-0.3, -0.25) is 9.59 Å². The molecule has 2 N–H and O–H groups in total. The van der Waals surface area contributed by atoms with E-state index in [2.05, 4.69) is 10.6 Å². The highest BCUT2D eigenvalue weighted by Crippen LogP contribution is 2.29. The summed E-state index contributed by atoms with van der Waals surface area (Å²) in [5.41, 5.74) is 3.51. The Labute approximate surface area is 157 Å². The van der Waals surface area contributed by atoms with Crippen molar-refractivity contribution in [2.45, 2.75) is 6.92 Å². The van der Waals surface area contributed by atoms with Gasteiger partial charge in [-0.1, -0.05) is 41.4 Å². The van der Waals surface area contributed by atoms with Crippen molar-refractivity contribution in [3.8, 4) is 0 Å². The van der Waals surface area contributed by atoms with Crippen LogP contribution in [0.1, 0.15) is 11.1 Å².